The second-order valence-corrected chi connectivity index (χ2v) is 7.53. The summed E-state index contributed by atoms with van der Waals surface area (Å²) < 4.78 is 21.5. The van der Waals surface area contributed by atoms with Gasteiger partial charge in [0.15, 0.2) is 0 Å². The van der Waals surface area contributed by atoms with Crippen molar-refractivity contribution in [2.24, 2.45) is 11.8 Å². The molecule has 2 atom stereocenters. The fourth-order valence-corrected chi connectivity index (χ4v) is 4.41. The Labute approximate surface area is 172 Å². The van der Waals surface area contributed by atoms with E-state index in [0.29, 0.717) is 30.1 Å². The number of hydrogen-bond acceptors (Lipinski definition) is 5. The van der Waals surface area contributed by atoms with Gasteiger partial charge in [0.25, 0.3) is 0 Å². The van der Waals surface area contributed by atoms with Gasteiger partial charge in [0.1, 0.15) is 11.4 Å². The third kappa shape index (κ3) is 4.09. The zero-order chi connectivity index (χ0) is 20.9. The molecule has 2 unspecified atom stereocenters. The van der Waals surface area contributed by atoms with E-state index in [1.54, 1.807) is 6.07 Å². The highest BCUT2D eigenvalue weighted by molar-refractivity contribution is 5.72. The molecule has 0 spiro atoms. The molecule has 0 aromatic heterocycles. The SMILES string of the molecule is CCOC1(c2c(F)ccc(NN)c2N)/C(=C/NCc2ccccc2)CCCC1C. The molecular formula is C23H31FN4O. The molecule has 1 saturated carbocycles. The van der Waals surface area contributed by atoms with Gasteiger partial charge in [-0.3, -0.25) is 5.84 Å². The molecule has 6 N–H and O–H groups in total. The molecule has 1 aliphatic rings. The van der Waals surface area contributed by atoms with E-state index in [1.165, 1.54) is 11.6 Å². The van der Waals surface area contributed by atoms with Crippen molar-refractivity contribution < 1.29 is 9.13 Å². The van der Waals surface area contributed by atoms with E-state index in [9.17, 15) is 0 Å². The molecule has 2 aromatic carbocycles. The van der Waals surface area contributed by atoms with E-state index in [2.05, 4.69) is 29.8 Å². The third-order valence-electron chi connectivity index (χ3n) is 5.77. The number of nitrogens with one attached hydrogen (secondary N) is 2. The first kappa shape index (κ1) is 21.1. The third-order valence-corrected chi connectivity index (χ3v) is 5.77. The summed E-state index contributed by atoms with van der Waals surface area (Å²) in [5, 5.41) is 3.40. The zero-order valence-corrected chi connectivity index (χ0v) is 17.2. The van der Waals surface area contributed by atoms with Gasteiger partial charge in [-0.15, -0.1) is 0 Å². The van der Waals surface area contributed by atoms with Crippen LogP contribution in [0.5, 0.6) is 0 Å². The van der Waals surface area contributed by atoms with Crippen LogP contribution in [0.15, 0.2) is 54.2 Å². The minimum Gasteiger partial charge on any atom is -0.397 e. The topological polar surface area (TPSA) is 85.3 Å². The Morgan fingerprint density at radius 1 is 1.24 bits per heavy atom. The number of nitrogens with two attached hydrogens (primary N) is 2. The van der Waals surface area contributed by atoms with Gasteiger partial charge in [-0.05, 0) is 61.6 Å². The molecule has 6 heteroatoms. The lowest BCUT2D eigenvalue weighted by Crippen LogP contribution is -2.43. The van der Waals surface area contributed by atoms with E-state index in [-0.39, 0.29) is 11.7 Å². The highest BCUT2D eigenvalue weighted by Gasteiger charge is 2.47. The predicted octanol–water partition coefficient (Wildman–Crippen LogP) is 4.42. The fourth-order valence-electron chi connectivity index (χ4n) is 4.41. The molecule has 0 radical (unpaired) electrons. The molecule has 0 bridgehead atoms. The Bertz CT molecular complexity index is 855. The summed E-state index contributed by atoms with van der Waals surface area (Å²) >= 11 is 0. The number of ether oxygens (including phenoxy) is 1. The highest BCUT2D eigenvalue weighted by Crippen LogP contribution is 2.51. The van der Waals surface area contributed by atoms with Crippen LogP contribution in [-0.4, -0.2) is 6.61 Å². The Morgan fingerprint density at radius 3 is 2.69 bits per heavy atom. The van der Waals surface area contributed by atoms with Crippen LogP contribution in [-0.2, 0) is 16.9 Å². The number of hydrogen-bond donors (Lipinski definition) is 4. The van der Waals surface area contributed by atoms with E-state index in [0.717, 1.165) is 24.8 Å². The number of hydrazine groups is 1. The summed E-state index contributed by atoms with van der Waals surface area (Å²) in [7, 11) is 0. The van der Waals surface area contributed by atoms with Crippen molar-refractivity contribution in [3.05, 3.63) is 71.2 Å². The molecule has 2 aromatic rings. The molecule has 29 heavy (non-hydrogen) atoms. The fraction of sp³-hybridized carbons (Fsp3) is 0.391. The molecular weight excluding hydrogens is 367 g/mol. The standard InChI is InChI=1S/C23H31FN4O/c1-3-29-23(21-19(24)12-13-20(28-26)22(21)25)16(2)8-7-11-18(23)15-27-14-17-9-5-4-6-10-17/h4-6,9-10,12-13,15-16,27-28H,3,7-8,11,14,25-26H2,1-2H3/b18-15+. The highest BCUT2D eigenvalue weighted by atomic mass is 19.1. The molecule has 3 rings (SSSR count). The second kappa shape index (κ2) is 9.29. The smallest absolute Gasteiger partial charge is 0.131 e. The van der Waals surface area contributed by atoms with E-state index in [1.807, 2.05) is 31.3 Å². The normalized spacial score (nSPS) is 23.2. The summed E-state index contributed by atoms with van der Waals surface area (Å²) in [5.74, 6) is 5.29. The molecule has 0 saturated heterocycles. The maximum atomic E-state index is 15.2. The molecule has 0 heterocycles. The maximum Gasteiger partial charge on any atom is 0.131 e. The zero-order valence-electron chi connectivity index (χ0n) is 17.2. The van der Waals surface area contributed by atoms with Crippen LogP contribution >= 0.6 is 0 Å². The van der Waals surface area contributed by atoms with Crippen molar-refractivity contribution in [1.29, 1.82) is 0 Å². The van der Waals surface area contributed by atoms with Crippen LogP contribution in [0.2, 0.25) is 0 Å². The van der Waals surface area contributed by atoms with Gasteiger partial charge in [0.05, 0.1) is 11.4 Å². The molecule has 156 valence electrons. The first-order valence-electron chi connectivity index (χ1n) is 10.2. The van der Waals surface area contributed by atoms with Crippen molar-refractivity contribution in [3.63, 3.8) is 0 Å². The second-order valence-electron chi connectivity index (χ2n) is 7.53. The summed E-state index contributed by atoms with van der Waals surface area (Å²) in [6.07, 6.45) is 4.74. The van der Waals surface area contributed by atoms with Crippen LogP contribution in [0.4, 0.5) is 15.8 Å². The summed E-state index contributed by atoms with van der Waals surface area (Å²) in [4.78, 5) is 0. The van der Waals surface area contributed by atoms with E-state index in [4.69, 9.17) is 16.3 Å². The lowest BCUT2D eigenvalue weighted by atomic mass is 9.68. The Balaban J connectivity index is 2.06. The minimum atomic E-state index is -0.933. The van der Waals surface area contributed by atoms with Crippen molar-refractivity contribution in [3.8, 4) is 0 Å². The average Bonchev–Trinajstić information content (AvgIpc) is 2.72. The van der Waals surface area contributed by atoms with Crippen molar-refractivity contribution in [2.45, 2.75) is 45.3 Å². The van der Waals surface area contributed by atoms with Gasteiger partial charge >= 0.3 is 0 Å². The first-order chi connectivity index (χ1) is 14.0. The Morgan fingerprint density at radius 2 is 2.00 bits per heavy atom. The Hall–Kier alpha value is -2.57. The van der Waals surface area contributed by atoms with E-state index >= 15 is 4.39 Å². The van der Waals surface area contributed by atoms with Crippen LogP contribution < -0.4 is 22.3 Å². The lowest BCUT2D eigenvalue weighted by molar-refractivity contribution is -0.0702. The summed E-state index contributed by atoms with van der Waals surface area (Å²) in [6.45, 7) is 5.15. The lowest BCUT2D eigenvalue weighted by Gasteiger charge is -2.45. The first-order valence-corrected chi connectivity index (χ1v) is 10.2. The maximum absolute atomic E-state index is 15.2. The van der Waals surface area contributed by atoms with Crippen molar-refractivity contribution >= 4 is 11.4 Å². The van der Waals surface area contributed by atoms with Gasteiger partial charge in [0.2, 0.25) is 0 Å². The molecule has 1 aliphatic carbocycles. The molecule has 5 nitrogen and oxygen atoms in total. The van der Waals surface area contributed by atoms with Crippen LogP contribution in [0, 0.1) is 11.7 Å². The molecule has 0 amide bonds. The Kier molecular flexibility index (Phi) is 6.77. The van der Waals surface area contributed by atoms with Gasteiger partial charge in [-0.25, -0.2) is 4.39 Å². The number of nitrogen functional groups attached to an aromatic ring is 2. The number of halogens is 1. The number of anilines is 2. The van der Waals surface area contributed by atoms with Crippen molar-refractivity contribution in [1.82, 2.24) is 5.32 Å². The van der Waals surface area contributed by atoms with Crippen LogP contribution in [0.1, 0.15) is 44.2 Å². The molecule has 0 aliphatic heterocycles. The van der Waals surface area contributed by atoms with Crippen molar-refractivity contribution in [2.75, 3.05) is 17.8 Å². The summed E-state index contributed by atoms with van der Waals surface area (Å²) in [5.41, 5.74) is 11.4. The minimum absolute atomic E-state index is 0.0609. The van der Waals surface area contributed by atoms with Gasteiger partial charge in [0, 0.05) is 18.7 Å². The van der Waals surface area contributed by atoms with Crippen LogP contribution in [0.3, 0.4) is 0 Å². The average molecular weight is 399 g/mol. The number of benzene rings is 2. The van der Waals surface area contributed by atoms with Gasteiger partial charge in [-0.1, -0.05) is 37.3 Å². The monoisotopic (exact) mass is 398 g/mol. The van der Waals surface area contributed by atoms with Crippen LogP contribution in [0.25, 0.3) is 0 Å². The summed E-state index contributed by atoms with van der Waals surface area (Å²) in [6, 6.07) is 13.1. The quantitative estimate of drug-likeness (QED) is 0.315. The largest absolute Gasteiger partial charge is 0.397 e. The van der Waals surface area contributed by atoms with E-state index < -0.39 is 5.60 Å². The number of rotatable bonds is 7. The molecule has 1 fully saturated rings. The predicted molar refractivity (Wildman–Crippen MR) is 116 cm³/mol. The van der Waals surface area contributed by atoms with Gasteiger partial charge < -0.3 is 21.2 Å². The van der Waals surface area contributed by atoms with Gasteiger partial charge in [-0.2, -0.15) is 0 Å².